The summed E-state index contributed by atoms with van der Waals surface area (Å²) >= 11 is 0. The van der Waals surface area contributed by atoms with Crippen molar-refractivity contribution in [2.45, 2.75) is 6.42 Å². The molecule has 0 spiro atoms. The van der Waals surface area contributed by atoms with E-state index in [1.165, 1.54) is 0 Å². The van der Waals surface area contributed by atoms with E-state index < -0.39 is 0 Å². The maximum Gasteiger partial charge on any atom is 0.159 e. The maximum absolute atomic E-state index is 5.62. The lowest BCUT2D eigenvalue weighted by Gasteiger charge is -2.07. The van der Waals surface area contributed by atoms with Crippen molar-refractivity contribution in [2.75, 3.05) is 6.54 Å². The molecular weight excluding hydrogens is 226 g/mol. The molecule has 3 rings (SSSR count). The van der Waals surface area contributed by atoms with Gasteiger partial charge in [0.25, 0.3) is 0 Å². The zero-order valence-electron chi connectivity index (χ0n) is 9.82. The summed E-state index contributed by atoms with van der Waals surface area (Å²) in [6.45, 7) is 0.589. The molecule has 18 heavy (non-hydrogen) atoms. The third kappa shape index (κ3) is 1.74. The fourth-order valence-corrected chi connectivity index (χ4v) is 2.00. The van der Waals surface area contributed by atoms with Crippen molar-refractivity contribution in [1.82, 2.24) is 20.0 Å². The van der Waals surface area contributed by atoms with Gasteiger partial charge in [0.2, 0.25) is 0 Å². The molecular formula is C13H13N5. The van der Waals surface area contributed by atoms with Crippen LogP contribution in [0.2, 0.25) is 0 Å². The molecule has 90 valence electrons. The van der Waals surface area contributed by atoms with E-state index in [2.05, 4.69) is 15.3 Å². The first-order valence-corrected chi connectivity index (χ1v) is 5.85. The van der Waals surface area contributed by atoms with Gasteiger partial charge in [-0.3, -0.25) is 0 Å². The zero-order valence-corrected chi connectivity index (χ0v) is 9.82. The minimum absolute atomic E-state index is 0.589. The molecule has 0 saturated heterocycles. The van der Waals surface area contributed by atoms with Gasteiger partial charge in [0.15, 0.2) is 5.82 Å². The van der Waals surface area contributed by atoms with Crippen LogP contribution in [0.5, 0.6) is 0 Å². The summed E-state index contributed by atoms with van der Waals surface area (Å²) < 4.78 is 1.76. The molecule has 0 radical (unpaired) electrons. The summed E-state index contributed by atoms with van der Waals surface area (Å²) in [5.74, 6) is 0.802. The van der Waals surface area contributed by atoms with Gasteiger partial charge in [-0.2, -0.15) is 4.68 Å². The number of hydrogen-bond acceptors (Lipinski definition) is 4. The first-order chi connectivity index (χ1) is 8.90. The number of aromatic nitrogens is 4. The molecule has 0 bridgehead atoms. The SMILES string of the molecule is NCCc1cccnc1-n1nnc2ccccc21. The molecule has 1 aromatic carbocycles. The van der Waals surface area contributed by atoms with Crippen LogP contribution in [0.1, 0.15) is 5.56 Å². The highest BCUT2D eigenvalue weighted by Crippen LogP contribution is 2.17. The van der Waals surface area contributed by atoms with Crippen LogP contribution in [0.25, 0.3) is 16.9 Å². The van der Waals surface area contributed by atoms with Crippen LogP contribution in [0, 0.1) is 0 Å². The number of hydrogen-bond donors (Lipinski definition) is 1. The lowest BCUT2D eigenvalue weighted by atomic mass is 10.2. The van der Waals surface area contributed by atoms with E-state index in [0.717, 1.165) is 28.8 Å². The first-order valence-electron chi connectivity index (χ1n) is 5.85. The van der Waals surface area contributed by atoms with Gasteiger partial charge in [-0.1, -0.05) is 23.4 Å². The molecule has 3 aromatic rings. The predicted octanol–water partition coefficient (Wildman–Crippen LogP) is 1.32. The Bertz CT molecular complexity index is 674. The van der Waals surface area contributed by atoms with E-state index >= 15 is 0 Å². The molecule has 2 heterocycles. The van der Waals surface area contributed by atoms with Crippen LogP contribution in [0.15, 0.2) is 42.6 Å². The fourth-order valence-electron chi connectivity index (χ4n) is 2.00. The average Bonchev–Trinajstić information content (AvgIpc) is 2.84. The van der Waals surface area contributed by atoms with Gasteiger partial charge < -0.3 is 5.73 Å². The Morgan fingerprint density at radius 1 is 1.11 bits per heavy atom. The normalized spacial score (nSPS) is 10.9. The van der Waals surface area contributed by atoms with Gasteiger partial charge in [-0.05, 0) is 36.7 Å². The number of para-hydroxylation sites is 1. The molecule has 0 amide bonds. The summed E-state index contributed by atoms with van der Waals surface area (Å²) in [4.78, 5) is 4.39. The summed E-state index contributed by atoms with van der Waals surface area (Å²) in [6, 6.07) is 11.8. The van der Waals surface area contributed by atoms with Crippen molar-refractivity contribution in [2.24, 2.45) is 5.73 Å². The zero-order chi connectivity index (χ0) is 12.4. The molecule has 5 nitrogen and oxygen atoms in total. The molecule has 5 heteroatoms. The number of benzene rings is 1. The highest BCUT2D eigenvalue weighted by Gasteiger charge is 2.10. The molecule has 0 fully saturated rings. The number of nitrogens with two attached hydrogens (primary N) is 1. The number of fused-ring (bicyclic) bond motifs is 1. The molecule has 0 unspecified atom stereocenters. The van der Waals surface area contributed by atoms with Gasteiger partial charge >= 0.3 is 0 Å². The number of pyridine rings is 1. The monoisotopic (exact) mass is 239 g/mol. The third-order valence-electron chi connectivity index (χ3n) is 2.83. The van der Waals surface area contributed by atoms with Gasteiger partial charge in [-0.15, -0.1) is 5.10 Å². The van der Waals surface area contributed by atoms with Gasteiger partial charge in [0.1, 0.15) is 5.52 Å². The van der Waals surface area contributed by atoms with Crippen molar-refractivity contribution in [1.29, 1.82) is 0 Å². The Kier molecular flexibility index (Phi) is 2.74. The molecule has 0 atom stereocenters. The van der Waals surface area contributed by atoms with E-state index in [1.807, 2.05) is 36.4 Å². The Morgan fingerprint density at radius 3 is 2.89 bits per heavy atom. The molecule has 2 N–H and O–H groups in total. The van der Waals surface area contributed by atoms with Crippen LogP contribution in [-0.4, -0.2) is 26.5 Å². The van der Waals surface area contributed by atoms with Crippen molar-refractivity contribution >= 4 is 11.0 Å². The van der Waals surface area contributed by atoms with Gasteiger partial charge in [-0.25, -0.2) is 4.98 Å². The Morgan fingerprint density at radius 2 is 2.00 bits per heavy atom. The van der Waals surface area contributed by atoms with Crippen LogP contribution >= 0.6 is 0 Å². The van der Waals surface area contributed by atoms with E-state index in [9.17, 15) is 0 Å². The number of nitrogens with zero attached hydrogens (tertiary/aromatic N) is 4. The lowest BCUT2D eigenvalue weighted by molar-refractivity contribution is 0.784. The van der Waals surface area contributed by atoms with Gasteiger partial charge in [0.05, 0.1) is 5.52 Å². The van der Waals surface area contributed by atoms with Gasteiger partial charge in [0, 0.05) is 6.20 Å². The lowest BCUT2D eigenvalue weighted by Crippen LogP contribution is -2.09. The highest BCUT2D eigenvalue weighted by atomic mass is 15.4. The van der Waals surface area contributed by atoms with E-state index in [0.29, 0.717) is 6.54 Å². The second-order valence-corrected chi connectivity index (χ2v) is 4.01. The smallest absolute Gasteiger partial charge is 0.159 e. The summed E-state index contributed by atoms with van der Waals surface area (Å²) in [5, 5.41) is 8.31. The highest BCUT2D eigenvalue weighted by molar-refractivity contribution is 5.75. The van der Waals surface area contributed by atoms with Crippen LogP contribution < -0.4 is 5.73 Å². The Labute approximate surface area is 104 Å². The summed E-state index contributed by atoms with van der Waals surface area (Å²) in [5.41, 5.74) is 8.52. The van der Waals surface area contributed by atoms with E-state index in [1.54, 1.807) is 10.9 Å². The second-order valence-electron chi connectivity index (χ2n) is 4.01. The first kappa shape index (κ1) is 10.9. The third-order valence-corrected chi connectivity index (χ3v) is 2.83. The van der Waals surface area contributed by atoms with Crippen molar-refractivity contribution in [3.63, 3.8) is 0 Å². The van der Waals surface area contributed by atoms with Crippen molar-refractivity contribution in [3.05, 3.63) is 48.2 Å². The average molecular weight is 239 g/mol. The largest absolute Gasteiger partial charge is 0.330 e. The maximum atomic E-state index is 5.62. The Hall–Kier alpha value is -2.27. The standard InChI is InChI=1S/C13H13N5/c14-8-7-10-4-3-9-15-13(10)18-12-6-2-1-5-11(12)16-17-18/h1-6,9H,7-8,14H2. The predicted molar refractivity (Wildman–Crippen MR) is 69.4 cm³/mol. The molecule has 2 aromatic heterocycles. The van der Waals surface area contributed by atoms with E-state index in [-0.39, 0.29) is 0 Å². The quantitative estimate of drug-likeness (QED) is 0.748. The topological polar surface area (TPSA) is 69.6 Å². The fraction of sp³-hybridized carbons (Fsp3) is 0.154. The molecule has 0 aliphatic heterocycles. The van der Waals surface area contributed by atoms with Crippen LogP contribution in [-0.2, 0) is 6.42 Å². The van der Waals surface area contributed by atoms with Crippen LogP contribution in [0.4, 0.5) is 0 Å². The minimum Gasteiger partial charge on any atom is -0.330 e. The van der Waals surface area contributed by atoms with Crippen molar-refractivity contribution in [3.8, 4) is 5.82 Å². The van der Waals surface area contributed by atoms with Crippen LogP contribution in [0.3, 0.4) is 0 Å². The molecule has 0 aliphatic carbocycles. The Balaban J connectivity index is 2.20. The van der Waals surface area contributed by atoms with Crippen molar-refractivity contribution < 1.29 is 0 Å². The van der Waals surface area contributed by atoms with E-state index in [4.69, 9.17) is 5.73 Å². The number of rotatable bonds is 3. The summed E-state index contributed by atoms with van der Waals surface area (Å²) in [6.07, 6.45) is 2.53. The second kappa shape index (κ2) is 4.54. The molecule has 0 saturated carbocycles. The minimum atomic E-state index is 0.589. The summed E-state index contributed by atoms with van der Waals surface area (Å²) in [7, 11) is 0. The molecule has 0 aliphatic rings.